The number of rotatable bonds is 8. The van der Waals surface area contributed by atoms with Crippen LogP contribution in [0.1, 0.15) is 19.3 Å². The Bertz CT molecular complexity index is 685. The highest BCUT2D eigenvalue weighted by atomic mass is 32.2. The molecule has 1 fully saturated rings. The quantitative estimate of drug-likeness (QED) is 0.443. The van der Waals surface area contributed by atoms with Gasteiger partial charge in [-0.25, -0.2) is 9.97 Å². The minimum Gasteiger partial charge on any atom is -0.354 e. The number of nitrogens with zero attached hydrogens (tertiary/aromatic N) is 4. The molecule has 25 heavy (non-hydrogen) atoms. The van der Waals surface area contributed by atoms with Crippen molar-refractivity contribution >= 4 is 17.6 Å². The third-order valence-electron chi connectivity index (χ3n) is 4.35. The molecule has 134 valence electrons. The Kier molecular flexibility index (Phi) is 6.88. The number of aromatic nitrogens is 3. The Balaban J connectivity index is 1.26. The van der Waals surface area contributed by atoms with E-state index in [1.807, 2.05) is 18.3 Å². The zero-order chi connectivity index (χ0) is 17.3. The fraction of sp³-hybridized carbons (Fsp3) is 0.500. The van der Waals surface area contributed by atoms with E-state index in [4.69, 9.17) is 0 Å². The second-order valence-corrected chi connectivity index (χ2v) is 7.25. The Morgan fingerprint density at radius 1 is 1.00 bits per heavy atom. The first-order chi connectivity index (χ1) is 12.3. The van der Waals surface area contributed by atoms with Gasteiger partial charge in [0.25, 0.3) is 5.56 Å². The van der Waals surface area contributed by atoms with Gasteiger partial charge in [-0.05, 0) is 31.5 Å². The molecule has 2 aromatic heterocycles. The highest BCUT2D eigenvalue weighted by molar-refractivity contribution is 7.99. The number of piperazine rings is 1. The average Bonchev–Trinajstić information content (AvgIpc) is 2.66. The van der Waals surface area contributed by atoms with Crippen molar-refractivity contribution in [2.75, 3.05) is 43.4 Å². The molecule has 0 spiro atoms. The number of hydrogen-bond donors (Lipinski definition) is 1. The maximum Gasteiger partial charge on any atom is 0.251 e. The molecule has 0 aromatic carbocycles. The fourth-order valence-electron chi connectivity index (χ4n) is 2.95. The van der Waals surface area contributed by atoms with E-state index in [-0.39, 0.29) is 5.56 Å². The molecule has 0 aliphatic carbocycles. The van der Waals surface area contributed by atoms with E-state index in [1.165, 1.54) is 25.5 Å². The summed E-state index contributed by atoms with van der Waals surface area (Å²) in [6.07, 6.45) is 7.01. The van der Waals surface area contributed by atoms with Gasteiger partial charge in [-0.2, -0.15) is 0 Å². The monoisotopic (exact) mass is 359 g/mol. The lowest BCUT2D eigenvalue weighted by molar-refractivity contribution is 0.252. The minimum atomic E-state index is -0.0812. The number of thioether (sulfide) groups is 1. The predicted octanol–water partition coefficient (Wildman–Crippen LogP) is 2.25. The number of nitrogens with one attached hydrogen (secondary N) is 1. The summed E-state index contributed by atoms with van der Waals surface area (Å²) >= 11 is 1.62. The van der Waals surface area contributed by atoms with Gasteiger partial charge in [-0.15, -0.1) is 0 Å². The second kappa shape index (κ2) is 9.58. The molecule has 0 amide bonds. The Morgan fingerprint density at radius 2 is 1.88 bits per heavy atom. The Morgan fingerprint density at radius 3 is 2.64 bits per heavy atom. The summed E-state index contributed by atoms with van der Waals surface area (Å²) in [7, 11) is 0. The number of hydrogen-bond acceptors (Lipinski definition) is 6. The van der Waals surface area contributed by atoms with Crippen LogP contribution in [0.5, 0.6) is 0 Å². The normalized spacial score (nSPS) is 15.4. The highest BCUT2D eigenvalue weighted by Crippen LogP contribution is 2.15. The molecule has 6 nitrogen and oxygen atoms in total. The van der Waals surface area contributed by atoms with Gasteiger partial charge in [0.15, 0.2) is 5.16 Å². The van der Waals surface area contributed by atoms with Gasteiger partial charge >= 0.3 is 0 Å². The molecule has 0 atom stereocenters. The van der Waals surface area contributed by atoms with Crippen molar-refractivity contribution in [2.24, 2.45) is 0 Å². The second-order valence-electron chi connectivity index (χ2n) is 6.16. The van der Waals surface area contributed by atoms with E-state index >= 15 is 0 Å². The number of unbranched alkanes of at least 4 members (excludes halogenated alkanes) is 2. The third-order valence-corrected chi connectivity index (χ3v) is 5.32. The number of anilines is 1. The van der Waals surface area contributed by atoms with Crippen LogP contribution in [-0.4, -0.2) is 58.3 Å². The van der Waals surface area contributed by atoms with Crippen LogP contribution >= 0.6 is 11.8 Å². The van der Waals surface area contributed by atoms with Crippen molar-refractivity contribution in [3.63, 3.8) is 0 Å². The van der Waals surface area contributed by atoms with Crippen LogP contribution in [0.3, 0.4) is 0 Å². The molecule has 1 saturated heterocycles. The van der Waals surface area contributed by atoms with E-state index in [0.29, 0.717) is 0 Å². The molecule has 2 aromatic rings. The Hall–Kier alpha value is -1.86. The van der Waals surface area contributed by atoms with Crippen LogP contribution in [0.4, 0.5) is 5.82 Å². The molecule has 3 rings (SSSR count). The molecule has 7 heteroatoms. The largest absolute Gasteiger partial charge is 0.354 e. The molecule has 0 unspecified atom stereocenters. The van der Waals surface area contributed by atoms with Crippen molar-refractivity contribution in [1.82, 2.24) is 19.9 Å². The van der Waals surface area contributed by atoms with E-state index in [1.54, 1.807) is 18.0 Å². The smallest absolute Gasteiger partial charge is 0.251 e. The van der Waals surface area contributed by atoms with E-state index in [2.05, 4.69) is 30.8 Å². The van der Waals surface area contributed by atoms with Gasteiger partial charge in [-0.3, -0.25) is 9.69 Å². The molecule has 1 N–H and O–H groups in total. The van der Waals surface area contributed by atoms with Gasteiger partial charge in [0, 0.05) is 50.4 Å². The molecule has 1 aliphatic rings. The lowest BCUT2D eigenvalue weighted by Crippen LogP contribution is -2.46. The zero-order valence-corrected chi connectivity index (χ0v) is 15.2. The summed E-state index contributed by atoms with van der Waals surface area (Å²) in [5, 5.41) is 0.721. The third kappa shape index (κ3) is 5.86. The van der Waals surface area contributed by atoms with E-state index < -0.39 is 0 Å². The zero-order valence-electron chi connectivity index (χ0n) is 14.4. The summed E-state index contributed by atoms with van der Waals surface area (Å²) in [4.78, 5) is 27.4. The summed E-state index contributed by atoms with van der Waals surface area (Å²) in [5.74, 6) is 2.09. The SMILES string of the molecule is O=c1ccnc(SCCCCCN2CCN(c3ccccn3)CC2)[nH]1. The first-order valence-electron chi connectivity index (χ1n) is 8.88. The van der Waals surface area contributed by atoms with Crippen molar-refractivity contribution in [1.29, 1.82) is 0 Å². The molecular weight excluding hydrogens is 334 g/mol. The first kappa shape index (κ1) is 17.9. The minimum absolute atomic E-state index is 0.0812. The number of aromatic amines is 1. The predicted molar refractivity (Wildman–Crippen MR) is 102 cm³/mol. The topological polar surface area (TPSA) is 65.1 Å². The maximum absolute atomic E-state index is 11.2. The summed E-state index contributed by atoms with van der Waals surface area (Å²) in [6, 6.07) is 7.54. The molecular formula is C18H25N5OS. The van der Waals surface area contributed by atoms with Crippen molar-refractivity contribution < 1.29 is 0 Å². The van der Waals surface area contributed by atoms with Crippen LogP contribution in [-0.2, 0) is 0 Å². The average molecular weight is 359 g/mol. The lowest BCUT2D eigenvalue weighted by atomic mass is 10.2. The number of pyridine rings is 1. The van der Waals surface area contributed by atoms with Gasteiger partial charge in [-0.1, -0.05) is 24.2 Å². The van der Waals surface area contributed by atoms with Crippen LogP contribution in [0, 0.1) is 0 Å². The Labute approximate surface area is 152 Å². The maximum atomic E-state index is 11.2. The van der Waals surface area contributed by atoms with Crippen LogP contribution < -0.4 is 10.5 Å². The summed E-state index contributed by atoms with van der Waals surface area (Å²) < 4.78 is 0. The van der Waals surface area contributed by atoms with E-state index in [0.717, 1.165) is 49.3 Å². The van der Waals surface area contributed by atoms with Crippen molar-refractivity contribution in [2.45, 2.75) is 24.4 Å². The molecule has 3 heterocycles. The molecule has 0 bridgehead atoms. The first-order valence-corrected chi connectivity index (χ1v) is 9.86. The molecule has 0 radical (unpaired) electrons. The fourth-order valence-corrected chi connectivity index (χ4v) is 3.80. The molecule has 1 aliphatic heterocycles. The van der Waals surface area contributed by atoms with Gasteiger partial charge in [0.05, 0.1) is 0 Å². The summed E-state index contributed by atoms with van der Waals surface area (Å²) in [6.45, 7) is 5.50. The van der Waals surface area contributed by atoms with Gasteiger partial charge in [0.1, 0.15) is 5.82 Å². The lowest BCUT2D eigenvalue weighted by Gasteiger charge is -2.35. The van der Waals surface area contributed by atoms with Crippen LogP contribution in [0.15, 0.2) is 46.6 Å². The van der Waals surface area contributed by atoms with Crippen molar-refractivity contribution in [3.05, 3.63) is 47.0 Å². The molecule has 0 saturated carbocycles. The van der Waals surface area contributed by atoms with Gasteiger partial charge < -0.3 is 9.88 Å². The van der Waals surface area contributed by atoms with Crippen LogP contribution in [0.2, 0.25) is 0 Å². The number of H-pyrrole nitrogens is 1. The van der Waals surface area contributed by atoms with E-state index in [9.17, 15) is 4.79 Å². The standard InChI is InChI=1S/C18H25N5OS/c24-17-7-9-20-18(21-17)25-15-5-1-4-10-22-11-13-23(14-12-22)16-6-2-3-8-19-16/h2-3,6-9H,1,4-5,10-15H2,(H,20,21,24). The highest BCUT2D eigenvalue weighted by Gasteiger charge is 2.17. The van der Waals surface area contributed by atoms with Crippen molar-refractivity contribution in [3.8, 4) is 0 Å². The summed E-state index contributed by atoms with van der Waals surface area (Å²) in [5.41, 5.74) is -0.0812. The van der Waals surface area contributed by atoms with Crippen LogP contribution in [0.25, 0.3) is 0 Å². The van der Waals surface area contributed by atoms with Gasteiger partial charge in [0.2, 0.25) is 0 Å².